The van der Waals surface area contributed by atoms with Crippen LogP contribution in [0.15, 0.2) is 36.4 Å². The minimum Gasteiger partial charge on any atom is -0.385 e. The maximum atomic E-state index is 4.74. The molecule has 1 saturated heterocycles. The van der Waals surface area contributed by atoms with E-state index in [1.807, 2.05) is 0 Å². The fourth-order valence-electron chi connectivity index (χ4n) is 4.98. The van der Waals surface area contributed by atoms with Crippen molar-refractivity contribution in [2.75, 3.05) is 49.5 Å². The third kappa shape index (κ3) is 3.69. The molecule has 0 bridgehead atoms. The Balaban J connectivity index is 1.22. The maximum absolute atomic E-state index is 4.74. The first-order chi connectivity index (χ1) is 14.5. The molecule has 3 aromatic rings. The number of hydrogen-bond donors (Lipinski definition) is 1. The lowest BCUT2D eigenvalue weighted by atomic mass is 9.76. The molecule has 3 heterocycles. The Bertz CT molecular complexity index is 1050. The Morgan fingerprint density at radius 1 is 1.10 bits per heavy atom. The van der Waals surface area contributed by atoms with Crippen molar-refractivity contribution in [3.63, 3.8) is 0 Å². The van der Waals surface area contributed by atoms with E-state index < -0.39 is 0 Å². The fourth-order valence-corrected chi connectivity index (χ4v) is 5.78. The fraction of sp³-hybridized carbons (Fsp3) is 0.480. The number of benzene rings is 2. The van der Waals surface area contributed by atoms with E-state index in [4.69, 9.17) is 4.37 Å². The van der Waals surface area contributed by atoms with Gasteiger partial charge in [0, 0.05) is 50.3 Å². The average molecular weight is 421 g/mol. The minimum atomic E-state index is 0.267. The zero-order chi connectivity index (χ0) is 20.7. The normalized spacial score (nSPS) is 19.0. The van der Waals surface area contributed by atoms with E-state index in [1.54, 1.807) is 11.5 Å². The molecule has 0 unspecified atom stereocenters. The number of fused-ring (bicyclic) bond motifs is 2. The van der Waals surface area contributed by atoms with Crippen molar-refractivity contribution in [3.05, 3.63) is 53.1 Å². The molecule has 4 nitrogen and oxygen atoms in total. The summed E-state index contributed by atoms with van der Waals surface area (Å²) < 4.78 is 6.03. The third-order valence-corrected chi connectivity index (χ3v) is 7.74. The smallest absolute Gasteiger partial charge is 0.150 e. The summed E-state index contributed by atoms with van der Waals surface area (Å²) in [6, 6.07) is 13.5. The van der Waals surface area contributed by atoms with Gasteiger partial charge in [0.1, 0.15) is 5.82 Å². The van der Waals surface area contributed by atoms with Crippen LogP contribution in [0.5, 0.6) is 0 Å². The Hall–Kier alpha value is -2.11. The molecule has 5 rings (SSSR count). The van der Waals surface area contributed by atoms with E-state index in [2.05, 4.69) is 72.3 Å². The van der Waals surface area contributed by atoms with Crippen LogP contribution in [0.1, 0.15) is 37.0 Å². The first-order valence-corrected chi connectivity index (χ1v) is 12.0. The summed E-state index contributed by atoms with van der Waals surface area (Å²) in [4.78, 5) is 5.08. The number of aryl methyl sites for hydroxylation is 1. The highest BCUT2D eigenvalue weighted by atomic mass is 32.1. The van der Waals surface area contributed by atoms with E-state index in [-0.39, 0.29) is 5.41 Å². The van der Waals surface area contributed by atoms with Gasteiger partial charge < -0.3 is 10.2 Å². The van der Waals surface area contributed by atoms with Crippen molar-refractivity contribution >= 4 is 33.1 Å². The summed E-state index contributed by atoms with van der Waals surface area (Å²) in [6.45, 7) is 13.6. The zero-order valence-electron chi connectivity index (χ0n) is 18.4. The molecule has 5 heteroatoms. The Morgan fingerprint density at radius 3 is 2.73 bits per heavy atom. The summed E-state index contributed by atoms with van der Waals surface area (Å²) in [7, 11) is 0. The van der Waals surface area contributed by atoms with Crippen molar-refractivity contribution in [1.82, 2.24) is 9.27 Å². The van der Waals surface area contributed by atoms with Crippen molar-refractivity contribution in [3.8, 4) is 0 Å². The van der Waals surface area contributed by atoms with Crippen LogP contribution < -0.4 is 10.2 Å². The molecule has 2 aromatic carbocycles. The van der Waals surface area contributed by atoms with Gasteiger partial charge >= 0.3 is 0 Å². The summed E-state index contributed by atoms with van der Waals surface area (Å²) in [6.07, 6.45) is 2.33. The van der Waals surface area contributed by atoms with Gasteiger partial charge in [-0.3, -0.25) is 4.90 Å². The Morgan fingerprint density at radius 2 is 1.90 bits per heavy atom. The summed E-state index contributed by atoms with van der Waals surface area (Å²) in [5, 5.41) is 4.93. The average Bonchev–Trinajstić information content (AvgIpc) is 3.17. The lowest BCUT2D eigenvalue weighted by Crippen LogP contribution is -2.47. The molecule has 1 fully saturated rings. The zero-order valence-corrected chi connectivity index (χ0v) is 19.2. The van der Waals surface area contributed by atoms with Gasteiger partial charge in [-0.05, 0) is 65.5 Å². The standard InChI is InChI=1S/C25H32N4S/c1-18-16-19(17-21-23(18)26-10-9-25(21,2)3)8-11-28-12-14-29(15-13-28)24-20-6-4-5-7-22(20)30-27-24/h4-7,16-17,26H,8-15H2,1-3H3. The quantitative estimate of drug-likeness (QED) is 0.639. The number of rotatable bonds is 4. The lowest BCUT2D eigenvalue weighted by Gasteiger charge is -2.36. The lowest BCUT2D eigenvalue weighted by molar-refractivity contribution is 0.260. The van der Waals surface area contributed by atoms with Crippen molar-refractivity contribution in [1.29, 1.82) is 0 Å². The second kappa shape index (κ2) is 7.86. The third-order valence-electron chi connectivity index (χ3n) is 6.92. The van der Waals surface area contributed by atoms with E-state index in [0.29, 0.717) is 0 Å². The Kier molecular flexibility index (Phi) is 5.19. The van der Waals surface area contributed by atoms with Gasteiger partial charge in [0.05, 0.1) is 4.70 Å². The number of hydrogen-bond acceptors (Lipinski definition) is 5. The monoisotopic (exact) mass is 420 g/mol. The number of aromatic nitrogens is 1. The molecule has 0 spiro atoms. The van der Waals surface area contributed by atoms with Crippen molar-refractivity contribution < 1.29 is 0 Å². The molecule has 2 aliphatic rings. The molecule has 30 heavy (non-hydrogen) atoms. The summed E-state index contributed by atoms with van der Waals surface area (Å²) >= 11 is 1.62. The minimum absolute atomic E-state index is 0.267. The number of nitrogens with one attached hydrogen (secondary N) is 1. The number of anilines is 2. The second-order valence-corrected chi connectivity index (χ2v) is 10.3. The molecule has 0 saturated carbocycles. The summed E-state index contributed by atoms with van der Waals surface area (Å²) in [5.41, 5.74) is 6.03. The predicted molar refractivity (Wildman–Crippen MR) is 129 cm³/mol. The SMILES string of the molecule is Cc1cc(CCN2CCN(c3nsc4ccccc34)CC2)cc2c1NCCC2(C)C. The Labute approximate surface area is 184 Å². The van der Waals surface area contributed by atoms with Gasteiger partial charge in [0.25, 0.3) is 0 Å². The number of nitrogens with zero attached hydrogens (tertiary/aromatic N) is 3. The molecule has 0 amide bonds. The highest BCUT2D eigenvalue weighted by Gasteiger charge is 2.28. The van der Waals surface area contributed by atoms with Gasteiger partial charge in [-0.2, -0.15) is 4.37 Å². The van der Waals surface area contributed by atoms with Crippen LogP contribution in [0.25, 0.3) is 10.1 Å². The van der Waals surface area contributed by atoms with Crippen LogP contribution >= 0.6 is 11.5 Å². The first kappa shape index (κ1) is 19.8. The van der Waals surface area contributed by atoms with Crippen LogP contribution in [0.2, 0.25) is 0 Å². The van der Waals surface area contributed by atoms with Crippen LogP contribution in [0.4, 0.5) is 11.5 Å². The van der Waals surface area contributed by atoms with Crippen molar-refractivity contribution in [2.45, 2.75) is 39.0 Å². The van der Waals surface area contributed by atoms with E-state index in [1.165, 1.54) is 44.7 Å². The van der Waals surface area contributed by atoms with Gasteiger partial charge in [-0.1, -0.05) is 38.1 Å². The molecule has 0 atom stereocenters. The predicted octanol–water partition coefficient (Wildman–Crippen LogP) is 5.06. The molecule has 0 aliphatic carbocycles. The molecule has 2 aliphatic heterocycles. The number of piperazine rings is 1. The van der Waals surface area contributed by atoms with E-state index >= 15 is 0 Å². The van der Waals surface area contributed by atoms with Crippen LogP contribution in [0, 0.1) is 6.92 Å². The van der Waals surface area contributed by atoms with Gasteiger partial charge in [0.2, 0.25) is 0 Å². The largest absolute Gasteiger partial charge is 0.385 e. The highest BCUT2D eigenvalue weighted by molar-refractivity contribution is 7.13. The highest BCUT2D eigenvalue weighted by Crippen LogP contribution is 2.39. The topological polar surface area (TPSA) is 31.4 Å². The van der Waals surface area contributed by atoms with Gasteiger partial charge in [-0.15, -0.1) is 0 Å². The second-order valence-electron chi connectivity index (χ2n) is 9.48. The van der Waals surface area contributed by atoms with Crippen LogP contribution in [0.3, 0.4) is 0 Å². The van der Waals surface area contributed by atoms with Crippen molar-refractivity contribution in [2.24, 2.45) is 0 Å². The van der Waals surface area contributed by atoms with Crippen LogP contribution in [-0.4, -0.2) is 48.5 Å². The van der Waals surface area contributed by atoms with E-state index in [9.17, 15) is 0 Å². The summed E-state index contributed by atoms with van der Waals surface area (Å²) in [5.74, 6) is 1.18. The molecular formula is C25H32N4S. The van der Waals surface area contributed by atoms with Gasteiger partial charge in [-0.25, -0.2) is 0 Å². The molecule has 1 N–H and O–H groups in total. The van der Waals surface area contributed by atoms with E-state index in [0.717, 1.165) is 45.7 Å². The van der Waals surface area contributed by atoms with Gasteiger partial charge in [0.15, 0.2) is 0 Å². The van der Waals surface area contributed by atoms with Crippen LogP contribution in [-0.2, 0) is 11.8 Å². The molecule has 158 valence electrons. The molecule has 0 radical (unpaired) electrons. The maximum Gasteiger partial charge on any atom is 0.150 e. The first-order valence-electron chi connectivity index (χ1n) is 11.2. The molecule has 1 aromatic heterocycles. The molecular weight excluding hydrogens is 388 g/mol.